The van der Waals surface area contributed by atoms with Crippen molar-refractivity contribution in [2.24, 2.45) is 0 Å². The lowest BCUT2D eigenvalue weighted by Crippen LogP contribution is -2.63. The van der Waals surface area contributed by atoms with Crippen LogP contribution in [0.15, 0.2) is 24.4 Å². The number of imide groups is 3. The van der Waals surface area contributed by atoms with Crippen LogP contribution in [0.3, 0.4) is 0 Å². The zero-order valence-corrected chi connectivity index (χ0v) is 30.4. The molecule has 0 atom stereocenters. The molecule has 0 spiro atoms. The van der Waals surface area contributed by atoms with Crippen LogP contribution in [0.2, 0.25) is 19.6 Å². The molecule has 0 fully saturated rings. The standard InChI is InChI=1S/C33H53N2O8Si/c1-30(2,3)40-26(36)34-19-18-23-24(22(16-17-25(23)34)21-44(13,14)15)20-35(27(37)41-31(4,5)6,28(38)42-32(7,8)9)29(39)43-33(10,11)12/h16-19H,20-21H2,1-15H3/q+1. The van der Waals surface area contributed by atoms with Crippen LogP contribution in [0, 0.1) is 0 Å². The first kappa shape index (κ1) is 37.0. The number of nitrogens with zero attached hydrogens (tertiary/aromatic N) is 2. The van der Waals surface area contributed by atoms with Crippen LogP contribution in [0.4, 0.5) is 19.2 Å². The molecule has 1 aromatic heterocycles. The maximum atomic E-state index is 14.2. The molecule has 3 amide bonds. The average Bonchev–Trinajstić information content (AvgIpc) is 3.17. The van der Waals surface area contributed by atoms with E-state index in [0.29, 0.717) is 22.5 Å². The molecule has 1 heterocycles. The molecular weight excluding hydrogens is 580 g/mol. The molecule has 0 radical (unpaired) electrons. The normalized spacial score (nSPS) is 13.4. The minimum atomic E-state index is -1.79. The monoisotopic (exact) mass is 633 g/mol. The first-order valence-electron chi connectivity index (χ1n) is 15.0. The van der Waals surface area contributed by atoms with Crippen LogP contribution >= 0.6 is 0 Å². The van der Waals surface area contributed by atoms with E-state index in [1.54, 1.807) is 95.3 Å². The SMILES string of the molecule is CC(C)(C)OC(=O)n1ccc2c(C[N+](C(=O)OC(C)(C)C)(C(=O)OC(C)(C)C)C(=O)OC(C)(C)C)c(C[Si](C)(C)C)ccc21. The second-order valence-corrected chi connectivity index (χ2v) is 21.9. The van der Waals surface area contributed by atoms with Crippen molar-refractivity contribution in [1.82, 2.24) is 4.57 Å². The van der Waals surface area contributed by atoms with E-state index in [9.17, 15) is 19.2 Å². The minimum Gasteiger partial charge on any atom is -0.443 e. The van der Waals surface area contributed by atoms with Crippen LogP contribution in [0.5, 0.6) is 0 Å². The summed E-state index contributed by atoms with van der Waals surface area (Å²) in [5, 5.41) is 0.588. The summed E-state index contributed by atoms with van der Waals surface area (Å²) >= 11 is 0. The molecule has 0 saturated heterocycles. The Labute approximate surface area is 263 Å². The Hall–Kier alpha value is -3.18. The van der Waals surface area contributed by atoms with E-state index in [0.717, 1.165) is 5.56 Å². The van der Waals surface area contributed by atoms with E-state index >= 15 is 0 Å². The highest BCUT2D eigenvalue weighted by Crippen LogP contribution is 2.34. The van der Waals surface area contributed by atoms with Gasteiger partial charge < -0.3 is 18.9 Å². The van der Waals surface area contributed by atoms with Crippen LogP contribution in [0.1, 0.15) is 94.2 Å². The molecular formula is C33H53N2O8Si+. The topological polar surface area (TPSA) is 110 Å². The fourth-order valence-electron chi connectivity index (χ4n) is 4.39. The Morgan fingerprint density at radius 2 is 1.07 bits per heavy atom. The summed E-state index contributed by atoms with van der Waals surface area (Å²) in [5.41, 5.74) is -1.98. The summed E-state index contributed by atoms with van der Waals surface area (Å²) in [6.45, 7) is 26.4. The maximum absolute atomic E-state index is 14.2. The second kappa shape index (κ2) is 12.3. The van der Waals surface area contributed by atoms with Crippen molar-refractivity contribution in [3.05, 3.63) is 35.5 Å². The number of quaternary nitrogens is 1. The molecule has 0 aliphatic heterocycles. The van der Waals surface area contributed by atoms with Crippen molar-refractivity contribution in [2.75, 3.05) is 0 Å². The summed E-state index contributed by atoms with van der Waals surface area (Å²) in [6.07, 6.45) is -2.36. The third-order valence-electron chi connectivity index (χ3n) is 5.90. The van der Waals surface area contributed by atoms with E-state index in [2.05, 4.69) is 19.6 Å². The van der Waals surface area contributed by atoms with Crippen LogP contribution in [0.25, 0.3) is 10.9 Å². The molecule has 1 aromatic carbocycles. The largest absolute Gasteiger partial charge is 0.538 e. The molecule has 0 aliphatic carbocycles. The highest BCUT2D eigenvalue weighted by Gasteiger charge is 2.61. The quantitative estimate of drug-likeness (QED) is 0.186. The maximum Gasteiger partial charge on any atom is 0.538 e. The third-order valence-corrected chi connectivity index (χ3v) is 7.34. The Morgan fingerprint density at radius 3 is 1.43 bits per heavy atom. The molecule has 0 saturated carbocycles. The number of fused-ring (bicyclic) bond motifs is 1. The molecule has 0 unspecified atom stereocenters. The van der Waals surface area contributed by atoms with E-state index in [4.69, 9.17) is 18.9 Å². The second-order valence-electron chi connectivity index (χ2n) is 16.4. The molecule has 246 valence electrons. The highest BCUT2D eigenvalue weighted by molar-refractivity contribution is 6.75. The summed E-state index contributed by atoms with van der Waals surface area (Å²) in [5.74, 6) is 0. The van der Waals surface area contributed by atoms with Crippen molar-refractivity contribution in [1.29, 1.82) is 0 Å². The smallest absolute Gasteiger partial charge is 0.443 e. The lowest BCUT2D eigenvalue weighted by atomic mass is 10.0. The van der Waals surface area contributed by atoms with Crippen LogP contribution in [-0.4, -0.2) is 63.9 Å². The van der Waals surface area contributed by atoms with Gasteiger partial charge in [0.25, 0.3) is 0 Å². The minimum absolute atomic E-state index is 0.450. The number of amides is 3. The number of aromatic nitrogens is 1. The molecule has 2 rings (SSSR count). The Morgan fingerprint density at radius 1 is 0.659 bits per heavy atom. The van der Waals surface area contributed by atoms with Crippen molar-refractivity contribution in [3.8, 4) is 0 Å². The van der Waals surface area contributed by atoms with E-state index < -0.39 is 65.9 Å². The van der Waals surface area contributed by atoms with Crippen molar-refractivity contribution in [2.45, 2.75) is 138 Å². The highest BCUT2D eigenvalue weighted by atomic mass is 28.3. The van der Waals surface area contributed by atoms with Crippen molar-refractivity contribution < 1.29 is 42.6 Å². The molecule has 2 aromatic rings. The predicted octanol–water partition coefficient (Wildman–Crippen LogP) is 8.97. The molecule has 0 bridgehead atoms. The number of hydrogen-bond donors (Lipinski definition) is 0. The third kappa shape index (κ3) is 9.92. The molecule has 0 aliphatic rings. The van der Waals surface area contributed by atoms with E-state index in [1.807, 2.05) is 12.1 Å². The van der Waals surface area contributed by atoms with E-state index in [1.165, 1.54) is 4.57 Å². The van der Waals surface area contributed by atoms with Gasteiger partial charge in [0.05, 0.1) is 5.52 Å². The van der Waals surface area contributed by atoms with Crippen LogP contribution < -0.4 is 0 Å². The Balaban J connectivity index is 3.01. The van der Waals surface area contributed by atoms with Gasteiger partial charge in [-0.15, -0.1) is 0 Å². The van der Waals surface area contributed by atoms with Gasteiger partial charge in [-0.2, -0.15) is 14.4 Å². The molecule has 44 heavy (non-hydrogen) atoms. The summed E-state index contributed by atoms with van der Waals surface area (Å²) in [6, 6.07) is 6.11. The molecule has 0 N–H and O–H groups in total. The summed E-state index contributed by atoms with van der Waals surface area (Å²) in [4.78, 5) is 55.8. The van der Waals surface area contributed by atoms with Gasteiger partial charge in [0.15, 0.2) is 0 Å². The van der Waals surface area contributed by atoms with Gasteiger partial charge in [0, 0.05) is 25.2 Å². The fraction of sp³-hybridized carbons (Fsp3) is 0.636. The van der Waals surface area contributed by atoms with Crippen LogP contribution in [-0.2, 0) is 31.5 Å². The number of carbonyl (C=O) groups is 4. The number of rotatable bonds is 4. The van der Waals surface area contributed by atoms with Gasteiger partial charge in [0.2, 0.25) is 0 Å². The Kier molecular flexibility index (Phi) is 10.4. The van der Waals surface area contributed by atoms with Gasteiger partial charge in [-0.3, -0.25) is 4.57 Å². The lowest BCUT2D eigenvalue weighted by Gasteiger charge is -2.34. The first-order chi connectivity index (χ1) is 19.5. The van der Waals surface area contributed by atoms with Gasteiger partial charge in [-0.05, 0) is 111 Å². The lowest BCUT2D eigenvalue weighted by molar-refractivity contribution is -0.730. The first-order valence-corrected chi connectivity index (χ1v) is 18.7. The van der Waals surface area contributed by atoms with Crippen molar-refractivity contribution >= 4 is 43.3 Å². The zero-order valence-electron chi connectivity index (χ0n) is 29.4. The molecule has 10 nitrogen and oxygen atoms in total. The predicted molar refractivity (Wildman–Crippen MR) is 173 cm³/mol. The zero-order chi connectivity index (χ0) is 34.3. The van der Waals surface area contributed by atoms with E-state index in [-0.39, 0.29) is 0 Å². The number of hydrogen-bond acceptors (Lipinski definition) is 8. The fourth-order valence-corrected chi connectivity index (χ4v) is 5.86. The number of benzene rings is 1. The van der Waals surface area contributed by atoms with Crippen molar-refractivity contribution in [3.63, 3.8) is 0 Å². The van der Waals surface area contributed by atoms with Gasteiger partial charge in [0.1, 0.15) is 28.9 Å². The summed E-state index contributed by atoms with van der Waals surface area (Å²) < 4.78 is 22.8. The van der Waals surface area contributed by atoms with Gasteiger partial charge in [-0.25, -0.2) is 4.79 Å². The van der Waals surface area contributed by atoms with Gasteiger partial charge >= 0.3 is 24.4 Å². The Bertz CT molecular complexity index is 1340. The molecule has 11 heteroatoms. The van der Waals surface area contributed by atoms with Gasteiger partial charge in [-0.1, -0.05) is 25.7 Å². The summed E-state index contributed by atoms with van der Waals surface area (Å²) in [7, 11) is -1.79. The number of ether oxygens (including phenoxy) is 4. The number of carbonyl (C=O) groups excluding carboxylic acids is 4. The average molecular weight is 634 g/mol.